The van der Waals surface area contributed by atoms with Gasteiger partial charge in [0.25, 0.3) is 0 Å². The number of halogens is 3. The van der Waals surface area contributed by atoms with Crippen molar-refractivity contribution in [3.8, 4) is 5.75 Å². The third kappa shape index (κ3) is 2.57. The fourth-order valence-electron chi connectivity index (χ4n) is 0.981. The van der Waals surface area contributed by atoms with Crippen LogP contribution in [0.5, 0.6) is 5.75 Å². The molecule has 0 unspecified atom stereocenters. The van der Waals surface area contributed by atoms with E-state index in [1.165, 1.54) is 6.07 Å². The van der Waals surface area contributed by atoms with Crippen LogP contribution < -0.4 is 11.5 Å². The SMILES string of the molecule is Cl.NC[C@@H](N)c1ccc(Br)c(F)c1O. The number of hydrogen-bond acceptors (Lipinski definition) is 3. The van der Waals surface area contributed by atoms with Gasteiger partial charge < -0.3 is 16.6 Å². The van der Waals surface area contributed by atoms with Gasteiger partial charge in [-0.25, -0.2) is 4.39 Å². The van der Waals surface area contributed by atoms with Crippen LogP contribution in [0.25, 0.3) is 0 Å². The first-order valence-electron chi connectivity index (χ1n) is 3.70. The second-order valence-electron chi connectivity index (χ2n) is 2.64. The summed E-state index contributed by atoms with van der Waals surface area (Å²) in [6.07, 6.45) is 0. The quantitative estimate of drug-likeness (QED) is 0.774. The number of rotatable bonds is 2. The van der Waals surface area contributed by atoms with E-state index < -0.39 is 17.6 Å². The Hall–Kier alpha value is -0.360. The molecular weight excluding hydrogens is 274 g/mol. The smallest absolute Gasteiger partial charge is 0.179 e. The zero-order chi connectivity index (χ0) is 10.0. The minimum absolute atomic E-state index is 0. The van der Waals surface area contributed by atoms with E-state index in [0.29, 0.717) is 5.56 Å². The Bertz CT molecular complexity index is 324. The molecule has 0 saturated carbocycles. The van der Waals surface area contributed by atoms with E-state index >= 15 is 0 Å². The molecule has 0 aliphatic carbocycles. The monoisotopic (exact) mass is 284 g/mol. The molecule has 0 saturated heterocycles. The summed E-state index contributed by atoms with van der Waals surface area (Å²) in [6.45, 7) is 0.161. The fourth-order valence-corrected chi connectivity index (χ4v) is 1.30. The van der Waals surface area contributed by atoms with Gasteiger partial charge >= 0.3 is 0 Å². The van der Waals surface area contributed by atoms with Crippen molar-refractivity contribution in [2.75, 3.05) is 6.54 Å². The molecule has 0 radical (unpaired) electrons. The highest BCUT2D eigenvalue weighted by Gasteiger charge is 2.14. The lowest BCUT2D eigenvalue weighted by molar-refractivity contribution is 0.419. The first kappa shape index (κ1) is 13.6. The zero-order valence-corrected chi connectivity index (χ0v) is 9.61. The van der Waals surface area contributed by atoms with Crippen molar-refractivity contribution in [3.63, 3.8) is 0 Å². The number of benzene rings is 1. The Morgan fingerprint density at radius 2 is 2.07 bits per heavy atom. The molecule has 1 rings (SSSR count). The first-order valence-corrected chi connectivity index (χ1v) is 4.49. The summed E-state index contributed by atoms with van der Waals surface area (Å²) in [5, 5.41) is 9.34. The standard InChI is InChI=1S/C8H10BrFN2O.ClH/c9-5-2-1-4(6(12)3-11)8(13)7(5)10;/h1-2,6,13H,3,11-12H2;1H/t6-;/m1./s1. The molecule has 5 N–H and O–H groups in total. The van der Waals surface area contributed by atoms with Gasteiger partial charge in [-0.15, -0.1) is 12.4 Å². The van der Waals surface area contributed by atoms with Gasteiger partial charge in [-0.2, -0.15) is 0 Å². The maximum atomic E-state index is 13.1. The van der Waals surface area contributed by atoms with Gasteiger partial charge in [0, 0.05) is 18.2 Å². The molecule has 14 heavy (non-hydrogen) atoms. The lowest BCUT2D eigenvalue weighted by Crippen LogP contribution is -2.21. The van der Waals surface area contributed by atoms with E-state index in [2.05, 4.69) is 15.9 Å². The van der Waals surface area contributed by atoms with Gasteiger partial charge in [-0.05, 0) is 22.0 Å². The van der Waals surface area contributed by atoms with Crippen molar-refractivity contribution in [1.29, 1.82) is 0 Å². The molecule has 0 aliphatic heterocycles. The second kappa shape index (κ2) is 5.50. The van der Waals surface area contributed by atoms with Crippen LogP contribution in [0.3, 0.4) is 0 Å². The van der Waals surface area contributed by atoms with E-state index in [0.717, 1.165) is 0 Å². The molecule has 3 nitrogen and oxygen atoms in total. The number of nitrogens with two attached hydrogens (primary N) is 2. The van der Waals surface area contributed by atoms with Gasteiger partial charge in [0.15, 0.2) is 11.6 Å². The fraction of sp³-hybridized carbons (Fsp3) is 0.250. The van der Waals surface area contributed by atoms with Crippen molar-refractivity contribution < 1.29 is 9.50 Å². The summed E-state index contributed by atoms with van der Waals surface area (Å²) in [6, 6.07) is 2.49. The van der Waals surface area contributed by atoms with E-state index in [-0.39, 0.29) is 23.4 Å². The van der Waals surface area contributed by atoms with Crippen LogP contribution in [-0.4, -0.2) is 11.7 Å². The summed E-state index contributed by atoms with van der Waals surface area (Å²) in [5.41, 5.74) is 11.2. The lowest BCUT2D eigenvalue weighted by atomic mass is 10.1. The van der Waals surface area contributed by atoms with Crippen molar-refractivity contribution in [2.45, 2.75) is 6.04 Å². The van der Waals surface area contributed by atoms with E-state index in [4.69, 9.17) is 11.5 Å². The summed E-state index contributed by atoms with van der Waals surface area (Å²) in [5.74, 6) is -1.14. The maximum absolute atomic E-state index is 13.1. The largest absolute Gasteiger partial charge is 0.505 e. The Labute approximate surface area is 95.8 Å². The molecule has 1 aromatic rings. The Morgan fingerprint density at radius 1 is 1.50 bits per heavy atom. The van der Waals surface area contributed by atoms with Crippen molar-refractivity contribution in [1.82, 2.24) is 0 Å². The van der Waals surface area contributed by atoms with Crippen LogP contribution in [0.4, 0.5) is 4.39 Å². The van der Waals surface area contributed by atoms with Gasteiger partial charge in [0.05, 0.1) is 4.47 Å². The number of phenolic OH excluding ortho intramolecular Hbond substituents is 1. The van der Waals surface area contributed by atoms with Crippen LogP contribution in [0.15, 0.2) is 16.6 Å². The molecule has 1 aromatic carbocycles. The molecule has 6 heteroatoms. The average molecular weight is 286 g/mol. The molecule has 0 aromatic heterocycles. The molecule has 0 amide bonds. The highest BCUT2D eigenvalue weighted by Crippen LogP contribution is 2.30. The van der Waals surface area contributed by atoms with Gasteiger partial charge in [-0.3, -0.25) is 0 Å². The van der Waals surface area contributed by atoms with Gasteiger partial charge in [0.2, 0.25) is 0 Å². The lowest BCUT2D eigenvalue weighted by Gasteiger charge is -2.11. The predicted octanol–water partition coefficient (Wildman–Crippen LogP) is 1.67. The highest BCUT2D eigenvalue weighted by molar-refractivity contribution is 9.10. The first-order chi connectivity index (χ1) is 6.07. The normalized spacial score (nSPS) is 12.0. The summed E-state index contributed by atoms with van der Waals surface area (Å²) < 4.78 is 13.3. The van der Waals surface area contributed by atoms with E-state index in [9.17, 15) is 9.50 Å². The maximum Gasteiger partial charge on any atom is 0.179 e. The van der Waals surface area contributed by atoms with Gasteiger partial charge in [-0.1, -0.05) is 6.07 Å². The van der Waals surface area contributed by atoms with Crippen molar-refractivity contribution in [2.24, 2.45) is 11.5 Å². The molecule has 0 aliphatic rings. The Morgan fingerprint density at radius 3 is 2.57 bits per heavy atom. The molecule has 1 atom stereocenters. The zero-order valence-electron chi connectivity index (χ0n) is 7.21. The average Bonchev–Trinajstić information content (AvgIpc) is 2.13. The summed E-state index contributed by atoms with van der Waals surface area (Å²) in [7, 11) is 0. The molecular formula is C8H11BrClFN2O. The van der Waals surface area contributed by atoms with Crippen LogP contribution in [-0.2, 0) is 0 Å². The van der Waals surface area contributed by atoms with Crippen LogP contribution in [0.1, 0.15) is 11.6 Å². The van der Waals surface area contributed by atoms with Crippen molar-refractivity contribution >= 4 is 28.3 Å². The predicted molar refractivity (Wildman–Crippen MR) is 59.0 cm³/mol. The third-order valence-electron chi connectivity index (χ3n) is 1.75. The number of phenols is 1. The summed E-state index contributed by atoms with van der Waals surface area (Å²) >= 11 is 2.94. The molecule has 0 heterocycles. The molecule has 0 fully saturated rings. The van der Waals surface area contributed by atoms with Crippen LogP contribution in [0.2, 0.25) is 0 Å². The molecule has 0 bridgehead atoms. The van der Waals surface area contributed by atoms with E-state index in [1.807, 2.05) is 0 Å². The summed E-state index contributed by atoms with van der Waals surface area (Å²) in [4.78, 5) is 0. The second-order valence-corrected chi connectivity index (χ2v) is 3.50. The van der Waals surface area contributed by atoms with E-state index in [1.54, 1.807) is 6.07 Å². The number of aromatic hydroxyl groups is 1. The van der Waals surface area contributed by atoms with Gasteiger partial charge in [0.1, 0.15) is 0 Å². The molecule has 0 spiro atoms. The van der Waals surface area contributed by atoms with Crippen LogP contribution >= 0.6 is 28.3 Å². The topological polar surface area (TPSA) is 72.3 Å². The van der Waals surface area contributed by atoms with Crippen molar-refractivity contribution in [3.05, 3.63) is 28.0 Å². The Balaban J connectivity index is 0.00000169. The minimum Gasteiger partial charge on any atom is -0.505 e. The Kier molecular flexibility index (Phi) is 5.36. The highest BCUT2D eigenvalue weighted by atomic mass is 79.9. The third-order valence-corrected chi connectivity index (χ3v) is 2.37. The van der Waals surface area contributed by atoms with Crippen LogP contribution in [0, 0.1) is 5.82 Å². The molecule has 80 valence electrons. The number of hydrogen-bond donors (Lipinski definition) is 3. The minimum atomic E-state index is -0.707.